The van der Waals surface area contributed by atoms with Gasteiger partial charge in [-0.25, -0.2) is 9.37 Å². The van der Waals surface area contributed by atoms with Gasteiger partial charge in [0.05, 0.1) is 11.8 Å². The van der Waals surface area contributed by atoms with Gasteiger partial charge in [0.25, 0.3) is 5.91 Å². The smallest absolute Gasteiger partial charge is 0.257 e. The van der Waals surface area contributed by atoms with Gasteiger partial charge in [-0.15, -0.1) is 0 Å². The van der Waals surface area contributed by atoms with Gasteiger partial charge in [0, 0.05) is 20.1 Å². The van der Waals surface area contributed by atoms with Crippen LogP contribution in [-0.2, 0) is 0 Å². The second kappa shape index (κ2) is 8.51. The van der Waals surface area contributed by atoms with E-state index >= 15 is 0 Å². The first-order valence-electron chi connectivity index (χ1n) is 7.25. The number of rotatable bonds is 8. The number of carbonyl (C=O) groups excluding carboxylic acids is 1. The molecule has 0 aliphatic heterocycles. The van der Waals surface area contributed by atoms with Crippen molar-refractivity contribution in [2.45, 2.75) is 39.5 Å². The molecule has 0 fully saturated rings. The molecule has 0 radical (unpaired) electrons. The number of pyridine rings is 1. The van der Waals surface area contributed by atoms with E-state index in [1.54, 1.807) is 11.9 Å². The molecule has 0 aromatic carbocycles. The summed E-state index contributed by atoms with van der Waals surface area (Å²) in [5.41, 5.74) is 0.303. The fourth-order valence-electron chi connectivity index (χ4n) is 1.89. The molecule has 0 unspecified atom stereocenters. The summed E-state index contributed by atoms with van der Waals surface area (Å²) in [6.07, 6.45) is 5.19. The lowest BCUT2D eigenvalue weighted by Crippen LogP contribution is -2.29. The second-order valence-corrected chi connectivity index (χ2v) is 4.91. The number of nitrogens with zero attached hydrogens (tertiary/aromatic N) is 2. The Balaban J connectivity index is 2.81. The van der Waals surface area contributed by atoms with E-state index in [4.69, 9.17) is 0 Å². The maximum Gasteiger partial charge on any atom is 0.257 e. The van der Waals surface area contributed by atoms with Gasteiger partial charge in [-0.05, 0) is 18.9 Å². The average Bonchev–Trinajstić information content (AvgIpc) is 2.45. The monoisotopic (exact) mass is 281 g/mol. The number of halogens is 1. The molecule has 1 amide bonds. The Morgan fingerprint density at radius 1 is 1.35 bits per heavy atom. The van der Waals surface area contributed by atoms with Crippen molar-refractivity contribution < 1.29 is 9.18 Å². The first-order chi connectivity index (χ1) is 9.60. The van der Waals surface area contributed by atoms with Crippen LogP contribution in [0.3, 0.4) is 0 Å². The van der Waals surface area contributed by atoms with E-state index in [1.165, 1.54) is 6.07 Å². The largest absolute Gasteiger partial charge is 0.369 e. The van der Waals surface area contributed by atoms with Crippen LogP contribution in [0.2, 0.25) is 0 Å². The predicted octanol–water partition coefficient (Wildman–Crippen LogP) is 3.30. The van der Waals surface area contributed by atoms with Gasteiger partial charge in [0.2, 0.25) is 0 Å². The highest BCUT2D eigenvalue weighted by Gasteiger charge is 2.17. The van der Waals surface area contributed by atoms with Crippen molar-refractivity contribution in [2.24, 2.45) is 0 Å². The number of amides is 1. The molecule has 1 heterocycles. The molecule has 0 spiro atoms. The average molecular weight is 281 g/mol. The van der Waals surface area contributed by atoms with Gasteiger partial charge in [-0.3, -0.25) is 4.79 Å². The quantitative estimate of drug-likeness (QED) is 0.744. The molecule has 0 saturated carbocycles. The molecular weight excluding hydrogens is 257 g/mol. The van der Waals surface area contributed by atoms with Gasteiger partial charge >= 0.3 is 0 Å². The van der Waals surface area contributed by atoms with E-state index in [0.29, 0.717) is 24.5 Å². The summed E-state index contributed by atoms with van der Waals surface area (Å²) in [5, 5.41) is 3.07. The minimum absolute atomic E-state index is 0.188. The predicted molar refractivity (Wildman–Crippen MR) is 79.5 cm³/mol. The lowest BCUT2D eigenvalue weighted by molar-refractivity contribution is 0.0792. The normalized spacial score (nSPS) is 10.4. The summed E-state index contributed by atoms with van der Waals surface area (Å²) in [6, 6.07) is 1.25. The number of hydrogen-bond donors (Lipinski definition) is 1. The molecule has 1 rings (SSSR count). The van der Waals surface area contributed by atoms with Gasteiger partial charge in [0.15, 0.2) is 0 Å². The molecule has 0 aliphatic rings. The Labute approximate surface area is 120 Å². The topological polar surface area (TPSA) is 45.2 Å². The van der Waals surface area contributed by atoms with Crippen LogP contribution in [0.15, 0.2) is 12.3 Å². The van der Waals surface area contributed by atoms with Crippen LogP contribution < -0.4 is 5.32 Å². The van der Waals surface area contributed by atoms with E-state index in [9.17, 15) is 9.18 Å². The van der Waals surface area contributed by atoms with Crippen LogP contribution in [0, 0.1) is 5.82 Å². The number of anilines is 1. The zero-order valence-corrected chi connectivity index (χ0v) is 12.6. The van der Waals surface area contributed by atoms with Gasteiger partial charge < -0.3 is 10.2 Å². The van der Waals surface area contributed by atoms with E-state index in [-0.39, 0.29) is 5.91 Å². The Bertz CT molecular complexity index is 437. The van der Waals surface area contributed by atoms with Crippen LogP contribution >= 0.6 is 0 Å². The van der Waals surface area contributed by atoms with E-state index in [1.807, 2.05) is 6.92 Å². The van der Waals surface area contributed by atoms with Crippen LogP contribution in [0.4, 0.5) is 10.2 Å². The van der Waals surface area contributed by atoms with Gasteiger partial charge in [0.1, 0.15) is 11.6 Å². The standard InChI is InChI=1S/C15H24FN3O/c1-4-6-7-9-19(3)15(20)13-10-12(16)11-18-14(13)17-8-5-2/h10-11H,4-9H2,1-3H3,(H,17,18). The molecule has 1 aromatic heterocycles. The first kappa shape index (κ1) is 16.4. The highest BCUT2D eigenvalue weighted by atomic mass is 19.1. The molecule has 0 atom stereocenters. The molecule has 0 bridgehead atoms. The summed E-state index contributed by atoms with van der Waals surface area (Å²) in [6.45, 7) is 5.52. The molecule has 20 heavy (non-hydrogen) atoms. The summed E-state index contributed by atoms with van der Waals surface area (Å²) < 4.78 is 13.3. The zero-order valence-electron chi connectivity index (χ0n) is 12.6. The Hall–Kier alpha value is -1.65. The van der Waals surface area contributed by atoms with E-state index in [0.717, 1.165) is 31.9 Å². The third-order valence-electron chi connectivity index (χ3n) is 3.07. The van der Waals surface area contributed by atoms with Crippen LogP contribution in [0.5, 0.6) is 0 Å². The van der Waals surface area contributed by atoms with Crippen LogP contribution in [0.25, 0.3) is 0 Å². The Morgan fingerprint density at radius 3 is 2.75 bits per heavy atom. The first-order valence-corrected chi connectivity index (χ1v) is 7.25. The van der Waals surface area contributed by atoms with Gasteiger partial charge in [-0.2, -0.15) is 0 Å². The zero-order chi connectivity index (χ0) is 15.0. The molecule has 0 aliphatic carbocycles. The van der Waals surface area contributed by atoms with Crippen molar-refractivity contribution >= 4 is 11.7 Å². The van der Waals surface area contributed by atoms with Crippen LogP contribution in [0.1, 0.15) is 49.9 Å². The summed E-state index contributed by atoms with van der Waals surface area (Å²) in [4.78, 5) is 18.0. The molecule has 0 saturated heterocycles. The SMILES string of the molecule is CCCCCN(C)C(=O)c1cc(F)cnc1NCCC. The molecule has 1 aromatic rings. The third-order valence-corrected chi connectivity index (χ3v) is 3.07. The lowest BCUT2D eigenvalue weighted by atomic mass is 10.2. The van der Waals surface area contributed by atoms with Crippen LogP contribution in [-0.4, -0.2) is 35.9 Å². The molecule has 1 N–H and O–H groups in total. The minimum atomic E-state index is -0.489. The lowest BCUT2D eigenvalue weighted by Gasteiger charge is -2.19. The number of unbranched alkanes of at least 4 members (excludes halogenated alkanes) is 2. The fraction of sp³-hybridized carbons (Fsp3) is 0.600. The third kappa shape index (κ3) is 4.79. The number of nitrogens with one attached hydrogen (secondary N) is 1. The van der Waals surface area contributed by atoms with Crippen molar-refractivity contribution in [1.29, 1.82) is 0 Å². The van der Waals surface area contributed by atoms with Crippen molar-refractivity contribution in [1.82, 2.24) is 9.88 Å². The van der Waals surface area contributed by atoms with E-state index in [2.05, 4.69) is 17.2 Å². The Morgan fingerprint density at radius 2 is 2.10 bits per heavy atom. The summed E-state index contributed by atoms with van der Waals surface area (Å²) >= 11 is 0. The highest BCUT2D eigenvalue weighted by molar-refractivity contribution is 5.98. The maximum absolute atomic E-state index is 13.3. The van der Waals surface area contributed by atoms with E-state index < -0.39 is 5.82 Å². The fourth-order valence-corrected chi connectivity index (χ4v) is 1.89. The van der Waals surface area contributed by atoms with Crippen molar-refractivity contribution in [3.05, 3.63) is 23.6 Å². The number of carbonyl (C=O) groups is 1. The van der Waals surface area contributed by atoms with Crippen molar-refractivity contribution in [2.75, 3.05) is 25.5 Å². The van der Waals surface area contributed by atoms with Gasteiger partial charge in [-0.1, -0.05) is 26.7 Å². The Kier molecular flexibility index (Phi) is 6.98. The molecule has 4 nitrogen and oxygen atoms in total. The maximum atomic E-state index is 13.3. The molecule has 112 valence electrons. The highest BCUT2D eigenvalue weighted by Crippen LogP contribution is 2.16. The van der Waals surface area contributed by atoms with Crippen molar-refractivity contribution in [3.8, 4) is 0 Å². The molecule has 5 heteroatoms. The molecular formula is C15H24FN3O. The number of hydrogen-bond acceptors (Lipinski definition) is 3. The second-order valence-electron chi connectivity index (χ2n) is 4.91. The number of aromatic nitrogens is 1. The summed E-state index contributed by atoms with van der Waals surface area (Å²) in [7, 11) is 1.74. The summed E-state index contributed by atoms with van der Waals surface area (Å²) in [5.74, 6) is -0.218. The minimum Gasteiger partial charge on any atom is -0.369 e. The van der Waals surface area contributed by atoms with Crippen molar-refractivity contribution in [3.63, 3.8) is 0 Å².